The average Bonchev–Trinajstić information content (AvgIpc) is 2.91. The Morgan fingerprint density at radius 2 is 1.74 bits per heavy atom. The molecule has 0 radical (unpaired) electrons. The number of allylic oxidation sites excluding steroid dienone is 1. The lowest BCUT2D eigenvalue weighted by Gasteiger charge is -2.38. The molecule has 3 atom stereocenters. The number of hydrogen-bond acceptors (Lipinski definition) is 7. The minimum absolute atomic E-state index is 0.0514. The molecule has 0 spiro atoms. The Kier molecular flexibility index (Phi) is 9.10. The summed E-state index contributed by atoms with van der Waals surface area (Å²) < 4.78 is 22.7. The monoisotopic (exact) mass is 533 g/mol. The molecule has 1 heterocycles. The number of nitrogens with zero attached hydrogens (tertiary/aromatic N) is 1. The Morgan fingerprint density at radius 1 is 1.00 bits per heavy atom. The summed E-state index contributed by atoms with van der Waals surface area (Å²) >= 11 is 0. The van der Waals surface area contributed by atoms with E-state index >= 15 is 0 Å². The van der Waals surface area contributed by atoms with Gasteiger partial charge in [0.2, 0.25) is 0 Å². The van der Waals surface area contributed by atoms with E-state index in [1.807, 2.05) is 63.2 Å². The number of esters is 1. The van der Waals surface area contributed by atoms with Crippen molar-refractivity contribution in [2.24, 2.45) is 10.9 Å². The van der Waals surface area contributed by atoms with Crippen molar-refractivity contribution < 1.29 is 28.5 Å². The maximum Gasteiger partial charge on any atom is 0.336 e. The van der Waals surface area contributed by atoms with Crippen LogP contribution in [0.3, 0.4) is 0 Å². The fourth-order valence-electron chi connectivity index (χ4n) is 5.59. The van der Waals surface area contributed by atoms with E-state index in [2.05, 4.69) is 6.92 Å². The van der Waals surface area contributed by atoms with Gasteiger partial charge in [0.25, 0.3) is 0 Å². The predicted molar refractivity (Wildman–Crippen MR) is 151 cm³/mol. The van der Waals surface area contributed by atoms with Crippen LogP contribution in [-0.4, -0.2) is 44.4 Å². The van der Waals surface area contributed by atoms with Gasteiger partial charge in [0.05, 0.1) is 38.4 Å². The SMILES string of the molecule is CCCCOc1ccccc1[C@H]1C(C(=O)OC(C)C)=C(C)N=C2C[C@@H](c3ccc(OC)c(OC)c3)CC(=O)C21. The van der Waals surface area contributed by atoms with E-state index in [0.29, 0.717) is 48.0 Å². The van der Waals surface area contributed by atoms with E-state index in [1.54, 1.807) is 14.2 Å². The molecule has 1 unspecified atom stereocenters. The average molecular weight is 534 g/mol. The minimum atomic E-state index is -0.560. The van der Waals surface area contributed by atoms with Crippen molar-refractivity contribution in [3.63, 3.8) is 0 Å². The number of hydrogen-bond donors (Lipinski definition) is 0. The number of ether oxygens (including phenoxy) is 4. The van der Waals surface area contributed by atoms with Crippen LogP contribution in [0.25, 0.3) is 0 Å². The third-order valence-electron chi connectivity index (χ3n) is 7.41. The molecular formula is C32H39NO6. The number of rotatable bonds is 10. The van der Waals surface area contributed by atoms with Crippen LogP contribution >= 0.6 is 0 Å². The highest BCUT2D eigenvalue weighted by molar-refractivity contribution is 6.12. The van der Waals surface area contributed by atoms with E-state index in [1.165, 1.54) is 0 Å². The lowest BCUT2D eigenvalue weighted by molar-refractivity contribution is -0.143. The Hall–Kier alpha value is -3.61. The van der Waals surface area contributed by atoms with Crippen LogP contribution in [0, 0.1) is 5.92 Å². The van der Waals surface area contributed by atoms with Gasteiger partial charge in [0, 0.05) is 29.3 Å². The van der Waals surface area contributed by atoms with Crippen LogP contribution in [0.1, 0.15) is 76.3 Å². The lowest BCUT2D eigenvalue weighted by Crippen LogP contribution is -2.41. The molecular weight excluding hydrogens is 494 g/mol. The molecule has 0 bridgehead atoms. The predicted octanol–water partition coefficient (Wildman–Crippen LogP) is 6.41. The van der Waals surface area contributed by atoms with Gasteiger partial charge in [-0.2, -0.15) is 0 Å². The Balaban J connectivity index is 1.78. The van der Waals surface area contributed by atoms with Gasteiger partial charge < -0.3 is 18.9 Å². The summed E-state index contributed by atoms with van der Waals surface area (Å²) in [5.41, 5.74) is 3.62. The Morgan fingerprint density at radius 3 is 2.44 bits per heavy atom. The fourth-order valence-corrected chi connectivity index (χ4v) is 5.59. The molecule has 0 N–H and O–H groups in total. The van der Waals surface area contributed by atoms with Gasteiger partial charge in [-0.25, -0.2) is 4.79 Å². The first-order valence-corrected chi connectivity index (χ1v) is 13.7. The second kappa shape index (κ2) is 12.5. The van der Waals surface area contributed by atoms with Crippen LogP contribution in [0.5, 0.6) is 17.2 Å². The summed E-state index contributed by atoms with van der Waals surface area (Å²) in [4.78, 5) is 32.3. The third kappa shape index (κ3) is 6.02. The van der Waals surface area contributed by atoms with Crippen molar-refractivity contribution >= 4 is 17.5 Å². The van der Waals surface area contributed by atoms with Gasteiger partial charge in [-0.15, -0.1) is 0 Å². The number of carbonyl (C=O) groups is 2. The van der Waals surface area contributed by atoms with Crippen LogP contribution in [-0.2, 0) is 14.3 Å². The highest BCUT2D eigenvalue weighted by Gasteiger charge is 2.47. The summed E-state index contributed by atoms with van der Waals surface area (Å²) in [7, 11) is 3.20. The first-order valence-electron chi connectivity index (χ1n) is 13.7. The lowest BCUT2D eigenvalue weighted by atomic mass is 9.66. The van der Waals surface area contributed by atoms with Gasteiger partial charge in [-0.05, 0) is 63.3 Å². The zero-order chi connectivity index (χ0) is 28.1. The standard InChI is InChI=1S/C32H39NO6/c1-7-8-15-38-26-12-10-9-11-23(26)30-29(32(35)39-19(2)3)20(4)33-24-16-22(17-25(34)31(24)30)21-13-14-27(36-5)28(18-21)37-6/h9-14,18-19,22,30-31H,7-8,15-17H2,1-6H3/t22-,30+,31?/m1/s1. The number of benzene rings is 2. The van der Waals surface area contributed by atoms with Crippen molar-refractivity contribution in [2.45, 2.75) is 71.3 Å². The number of Topliss-reactive ketones (excluding diaryl/α,β-unsaturated/α-hetero) is 1. The fraction of sp³-hybridized carbons (Fsp3) is 0.469. The summed E-state index contributed by atoms with van der Waals surface area (Å²) in [5.74, 6) is 0.430. The summed E-state index contributed by atoms with van der Waals surface area (Å²) in [6, 6.07) is 13.5. The maximum atomic E-state index is 14.0. The molecule has 1 fully saturated rings. The van der Waals surface area contributed by atoms with Crippen LogP contribution < -0.4 is 14.2 Å². The number of ketones is 1. The zero-order valence-electron chi connectivity index (χ0n) is 23.8. The first-order chi connectivity index (χ1) is 18.8. The van der Waals surface area contributed by atoms with E-state index in [-0.39, 0.29) is 17.8 Å². The molecule has 0 aromatic heterocycles. The number of aliphatic imine (C=N–C) groups is 1. The van der Waals surface area contributed by atoms with Gasteiger partial charge >= 0.3 is 5.97 Å². The van der Waals surface area contributed by atoms with Crippen LogP contribution in [0.15, 0.2) is 58.7 Å². The maximum absolute atomic E-state index is 14.0. The number of unbranched alkanes of at least 4 members (excludes halogenated alkanes) is 1. The summed E-state index contributed by atoms with van der Waals surface area (Å²) in [5, 5.41) is 0. The number of carbonyl (C=O) groups excluding carboxylic acids is 2. The topological polar surface area (TPSA) is 83.4 Å². The normalized spacial score (nSPS) is 20.8. The molecule has 2 aromatic carbocycles. The van der Waals surface area contributed by atoms with E-state index in [0.717, 1.165) is 29.7 Å². The zero-order valence-corrected chi connectivity index (χ0v) is 23.8. The molecule has 1 aliphatic heterocycles. The molecule has 7 nitrogen and oxygen atoms in total. The second-order valence-electron chi connectivity index (χ2n) is 10.4. The minimum Gasteiger partial charge on any atom is -0.493 e. The van der Waals surface area contributed by atoms with E-state index in [4.69, 9.17) is 23.9 Å². The molecule has 7 heteroatoms. The van der Waals surface area contributed by atoms with Gasteiger partial charge in [0.15, 0.2) is 11.5 Å². The van der Waals surface area contributed by atoms with Gasteiger partial charge in [-0.1, -0.05) is 37.6 Å². The van der Waals surface area contributed by atoms with Crippen molar-refractivity contribution in [2.75, 3.05) is 20.8 Å². The number of methoxy groups -OCH3 is 2. The van der Waals surface area contributed by atoms with Gasteiger partial charge in [-0.3, -0.25) is 9.79 Å². The molecule has 1 saturated carbocycles. The molecule has 4 rings (SSSR count). The van der Waals surface area contributed by atoms with Crippen molar-refractivity contribution in [1.29, 1.82) is 0 Å². The van der Waals surface area contributed by atoms with Crippen molar-refractivity contribution in [3.05, 3.63) is 64.9 Å². The third-order valence-corrected chi connectivity index (χ3v) is 7.41. The van der Waals surface area contributed by atoms with Crippen LogP contribution in [0.4, 0.5) is 0 Å². The van der Waals surface area contributed by atoms with Crippen LogP contribution in [0.2, 0.25) is 0 Å². The van der Waals surface area contributed by atoms with Crippen molar-refractivity contribution in [1.82, 2.24) is 0 Å². The number of para-hydroxylation sites is 1. The van der Waals surface area contributed by atoms with E-state index in [9.17, 15) is 9.59 Å². The Labute approximate surface area is 231 Å². The largest absolute Gasteiger partial charge is 0.493 e. The highest BCUT2D eigenvalue weighted by atomic mass is 16.5. The second-order valence-corrected chi connectivity index (χ2v) is 10.4. The van der Waals surface area contributed by atoms with Crippen molar-refractivity contribution in [3.8, 4) is 17.2 Å². The first kappa shape index (κ1) is 28.4. The summed E-state index contributed by atoms with van der Waals surface area (Å²) in [6.45, 7) is 8.15. The highest BCUT2D eigenvalue weighted by Crippen LogP contribution is 2.48. The molecule has 2 aromatic rings. The number of fused-ring (bicyclic) bond motifs is 1. The molecule has 208 valence electrons. The molecule has 0 amide bonds. The molecule has 0 saturated heterocycles. The summed E-state index contributed by atoms with van der Waals surface area (Å²) in [6.07, 6.45) is 2.56. The Bertz CT molecular complexity index is 1280. The quantitative estimate of drug-likeness (QED) is 0.259. The molecule has 39 heavy (non-hydrogen) atoms. The molecule has 1 aliphatic carbocycles. The van der Waals surface area contributed by atoms with E-state index < -0.39 is 17.8 Å². The molecule has 2 aliphatic rings. The van der Waals surface area contributed by atoms with Gasteiger partial charge in [0.1, 0.15) is 11.5 Å². The smallest absolute Gasteiger partial charge is 0.336 e.